The van der Waals surface area contributed by atoms with Crippen LogP contribution in [0.25, 0.3) is 0 Å². The lowest BCUT2D eigenvalue weighted by Gasteiger charge is -2.42. The topological polar surface area (TPSA) is 212 Å². The molecule has 16 heteroatoms. The van der Waals surface area contributed by atoms with Gasteiger partial charge in [-0.3, -0.25) is 24.0 Å². The van der Waals surface area contributed by atoms with Crippen molar-refractivity contribution in [2.45, 2.75) is 212 Å². The van der Waals surface area contributed by atoms with Crippen LogP contribution in [0.15, 0.2) is 47.6 Å². The molecule has 15 nitrogen and oxygen atoms in total. The van der Waals surface area contributed by atoms with Crippen molar-refractivity contribution >= 4 is 43.3 Å². The van der Waals surface area contributed by atoms with Gasteiger partial charge in [-0.2, -0.15) is 0 Å². The summed E-state index contributed by atoms with van der Waals surface area (Å²) < 4.78 is 30.0. The number of carbonyl (C=O) groups is 6. The standard InChI is InChI=1S/C58H93NO14Si/c1-36-19-14-13-15-20-37(2)49(69-8)34-46-26-23-42(7)58(67,73-46)55(64)56(65)59-27-17-16-22-47(59)57(66)72-50(35-48(61)38(3)30-41(6)53(63)54(71-10)52(62)40(5)29-36)39(4)31-43-24-25-44(51(32-43)70-9)33-45(60)21-18-28-74(11,12)68/h13-15,19-20,30,36,38-40,42-44,46-47,49-51,53-54,63,67-68H,16-18,21-29,31-35H2,1-12H3/b15-13?,19-14+,37-20?,41-30+/t36-,38-,39+,40-,42-,43+,44+,46+,47+,49+,50+,51-,53-,54+,58-/m1/s1. The SMILES string of the molecule is CO[C@H]1C[C@@H]2CC[C@@H](C)[C@@](O)(O2)C(=O)C(=O)N2CCCC[C@H]2C(=O)O[C@H]([C@@H](C)C[C@@H]2CC[C@@H](CC(=O)CCC[Si](C)(C)O)[C@H](OC)C2)CC(=O)[C@H](C)/C=C(\C)[C@@H](O)[C@@H](OC)C(=O)[C@H](C)C[C@H](C)/C=C/C=CC=C1C. The Balaban J connectivity index is 1.66. The van der Waals surface area contributed by atoms with Gasteiger partial charge in [0.2, 0.25) is 5.79 Å². The van der Waals surface area contributed by atoms with E-state index in [1.807, 2.05) is 71.2 Å². The average molecular weight is 1060 g/mol. The van der Waals surface area contributed by atoms with Gasteiger partial charge in [-0.1, -0.05) is 71.1 Å². The molecule has 0 aromatic heterocycles. The molecule has 4 aliphatic rings. The van der Waals surface area contributed by atoms with E-state index in [0.29, 0.717) is 82.2 Å². The van der Waals surface area contributed by atoms with Gasteiger partial charge in [-0.15, -0.1) is 0 Å². The molecule has 1 aliphatic carbocycles. The van der Waals surface area contributed by atoms with Crippen molar-refractivity contribution in [2.75, 3.05) is 27.9 Å². The first kappa shape index (κ1) is 63.1. The van der Waals surface area contributed by atoms with E-state index in [4.69, 9.17) is 23.7 Å². The quantitative estimate of drug-likeness (QED) is 0.0726. The Morgan fingerprint density at radius 1 is 0.892 bits per heavy atom. The highest BCUT2D eigenvalue weighted by Gasteiger charge is 2.53. The zero-order valence-electron chi connectivity index (χ0n) is 46.8. The Morgan fingerprint density at radius 3 is 2.27 bits per heavy atom. The van der Waals surface area contributed by atoms with Gasteiger partial charge >= 0.3 is 5.97 Å². The largest absolute Gasteiger partial charge is 0.460 e. The molecule has 418 valence electrons. The van der Waals surface area contributed by atoms with E-state index in [0.717, 1.165) is 18.4 Å². The molecule has 1 amide bonds. The molecule has 4 rings (SSSR count). The fourth-order valence-corrected chi connectivity index (χ4v) is 12.6. The molecule has 0 aromatic rings. The molecule has 3 fully saturated rings. The van der Waals surface area contributed by atoms with Crippen LogP contribution >= 0.6 is 0 Å². The van der Waals surface area contributed by atoms with Crippen molar-refractivity contribution < 1.29 is 67.5 Å². The number of carbonyl (C=O) groups excluding carboxylic acids is 6. The molecule has 2 saturated heterocycles. The van der Waals surface area contributed by atoms with Crippen molar-refractivity contribution in [3.8, 4) is 0 Å². The van der Waals surface area contributed by atoms with Gasteiger partial charge in [-0.05, 0) is 138 Å². The lowest BCUT2D eigenvalue weighted by molar-refractivity contribution is -0.265. The molecule has 0 aromatic carbocycles. The number of hydrogen-bond donors (Lipinski definition) is 3. The molecule has 74 heavy (non-hydrogen) atoms. The summed E-state index contributed by atoms with van der Waals surface area (Å²) in [7, 11) is 2.37. The number of rotatable bonds is 12. The van der Waals surface area contributed by atoms with E-state index in [-0.39, 0.29) is 66.5 Å². The van der Waals surface area contributed by atoms with E-state index >= 15 is 0 Å². The number of cyclic esters (lactones) is 1. The van der Waals surface area contributed by atoms with Crippen LogP contribution < -0.4 is 0 Å². The van der Waals surface area contributed by atoms with Crippen LogP contribution in [0.3, 0.4) is 0 Å². The van der Waals surface area contributed by atoms with Gasteiger partial charge in [0.1, 0.15) is 35.9 Å². The van der Waals surface area contributed by atoms with E-state index < -0.39 is 86.1 Å². The van der Waals surface area contributed by atoms with Gasteiger partial charge in [0, 0.05) is 71.3 Å². The molecule has 0 spiro atoms. The summed E-state index contributed by atoms with van der Waals surface area (Å²) in [4.78, 5) is 95.9. The van der Waals surface area contributed by atoms with Crippen LogP contribution in [0.1, 0.15) is 145 Å². The predicted molar refractivity (Wildman–Crippen MR) is 286 cm³/mol. The van der Waals surface area contributed by atoms with Crippen molar-refractivity contribution in [2.24, 2.45) is 41.4 Å². The number of methoxy groups -OCH3 is 3. The van der Waals surface area contributed by atoms with Gasteiger partial charge in [0.05, 0.1) is 18.3 Å². The van der Waals surface area contributed by atoms with Crippen LogP contribution in [-0.4, -0.2) is 140 Å². The number of amides is 1. The minimum absolute atomic E-state index is 0.00856. The summed E-state index contributed by atoms with van der Waals surface area (Å²) in [6.07, 6.45) is 13.7. The van der Waals surface area contributed by atoms with Crippen LogP contribution in [0.2, 0.25) is 19.1 Å². The van der Waals surface area contributed by atoms with E-state index in [2.05, 4.69) is 0 Å². The number of nitrogens with zero attached hydrogens (tertiary/aromatic N) is 1. The Bertz CT molecular complexity index is 2030. The Labute approximate surface area is 443 Å². The number of aliphatic hydroxyl groups excluding tert-OH is 1. The lowest BCUT2D eigenvalue weighted by Crippen LogP contribution is -2.61. The molecule has 3 N–H and O–H groups in total. The molecular formula is C58H93NO14Si. The summed E-state index contributed by atoms with van der Waals surface area (Å²) >= 11 is 0. The minimum atomic E-state index is -2.44. The third kappa shape index (κ3) is 18.1. The number of allylic oxidation sites excluding steroid dienone is 6. The summed E-state index contributed by atoms with van der Waals surface area (Å²) in [5, 5.41) is 23.6. The molecule has 0 unspecified atom stereocenters. The number of fused-ring (bicyclic) bond motifs is 3. The number of ether oxygens (including phenoxy) is 5. The average Bonchev–Trinajstić information content (AvgIpc) is 3.35. The van der Waals surface area contributed by atoms with Crippen LogP contribution in [0.5, 0.6) is 0 Å². The summed E-state index contributed by atoms with van der Waals surface area (Å²) in [6.45, 7) is 16.5. The Hall–Kier alpha value is -3.48. The molecular weight excluding hydrogens is 963 g/mol. The molecule has 0 radical (unpaired) electrons. The van der Waals surface area contributed by atoms with Crippen LogP contribution in [-0.2, 0) is 52.5 Å². The maximum atomic E-state index is 14.6. The second kappa shape index (κ2) is 29.3. The normalized spacial score (nSPS) is 36.0. The van der Waals surface area contributed by atoms with Gasteiger partial charge in [-0.25, -0.2) is 4.79 Å². The predicted octanol–water partition coefficient (Wildman–Crippen LogP) is 8.37. The third-order valence-electron chi connectivity index (χ3n) is 16.4. The number of Topliss-reactive ketones (excluding diaryl/α,β-unsaturated/α-hetero) is 4. The Morgan fingerprint density at radius 2 is 1.61 bits per heavy atom. The van der Waals surface area contributed by atoms with Crippen molar-refractivity contribution in [1.29, 1.82) is 0 Å². The van der Waals surface area contributed by atoms with E-state index in [9.17, 15) is 43.8 Å². The van der Waals surface area contributed by atoms with Crippen LogP contribution in [0, 0.1) is 41.4 Å². The summed E-state index contributed by atoms with van der Waals surface area (Å²) in [6, 6.07) is -0.486. The van der Waals surface area contributed by atoms with Gasteiger partial charge < -0.3 is 43.6 Å². The van der Waals surface area contributed by atoms with Crippen molar-refractivity contribution in [3.05, 3.63) is 47.6 Å². The monoisotopic (exact) mass is 1060 g/mol. The number of ketones is 4. The smallest absolute Gasteiger partial charge is 0.329 e. The fourth-order valence-electron chi connectivity index (χ4n) is 11.6. The molecule has 3 heterocycles. The molecule has 3 aliphatic heterocycles. The van der Waals surface area contributed by atoms with Gasteiger partial charge in [0.25, 0.3) is 11.7 Å². The molecule has 15 atom stereocenters. The minimum Gasteiger partial charge on any atom is -0.460 e. The molecule has 2 bridgehead atoms. The number of aliphatic hydroxyl groups is 2. The maximum absolute atomic E-state index is 14.6. The van der Waals surface area contributed by atoms with Crippen molar-refractivity contribution in [1.82, 2.24) is 4.90 Å². The Kier molecular flexibility index (Phi) is 25.0. The first-order valence-corrected chi connectivity index (χ1v) is 30.7. The maximum Gasteiger partial charge on any atom is 0.329 e. The second-order valence-corrected chi connectivity index (χ2v) is 27.3. The first-order valence-electron chi connectivity index (χ1n) is 27.6. The number of piperidine rings is 1. The van der Waals surface area contributed by atoms with E-state index in [1.165, 1.54) is 12.0 Å². The third-order valence-corrected chi connectivity index (χ3v) is 18.0. The summed E-state index contributed by atoms with van der Waals surface area (Å²) in [5.41, 5.74) is 1.26. The fraction of sp³-hybridized carbons (Fsp3) is 0.759. The van der Waals surface area contributed by atoms with Crippen LogP contribution in [0.4, 0.5) is 0 Å². The number of esters is 1. The van der Waals surface area contributed by atoms with Crippen molar-refractivity contribution in [3.63, 3.8) is 0 Å². The summed E-state index contributed by atoms with van der Waals surface area (Å²) in [5.74, 6) is -7.86. The highest BCUT2D eigenvalue weighted by Crippen LogP contribution is 2.39. The number of hydrogen-bond acceptors (Lipinski definition) is 14. The highest BCUT2D eigenvalue weighted by atomic mass is 28.4. The van der Waals surface area contributed by atoms with E-state index in [1.54, 1.807) is 41.1 Å². The van der Waals surface area contributed by atoms with Gasteiger partial charge in [0.15, 0.2) is 14.1 Å². The zero-order valence-corrected chi connectivity index (χ0v) is 47.8. The second-order valence-electron chi connectivity index (χ2n) is 23.2. The zero-order chi connectivity index (χ0) is 55.1. The first-order chi connectivity index (χ1) is 34.8. The highest BCUT2D eigenvalue weighted by molar-refractivity contribution is 6.69. The lowest BCUT2D eigenvalue weighted by atomic mass is 9.73. The molecule has 1 saturated carbocycles.